The van der Waals surface area contributed by atoms with Gasteiger partial charge in [0, 0.05) is 32.9 Å². The molecule has 0 aliphatic heterocycles. The molecule has 0 atom stereocenters. The molecule has 2 aromatic heterocycles. The molecule has 0 radical (unpaired) electrons. The molecule has 55 heavy (non-hydrogen) atoms. The highest BCUT2D eigenvalue weighted by atomic mass is 16.3. The summed E-state index contributed by atoms with van der Waals surface area (Å²) in [5.41, 5.74) is 13.6. The third-order valence-electron chi connectivity index (χ3n) is 10.9. The van der Waals surface area contributed by atoms with Crippen LogP contribution in [-0.2, 0) is 0 Å². The van der Waals surface area contributed by atoms with Gasteiger partial charge in [0.1, 0.15) is 16.7 Å². The summed E-state index contributed by atoms with van der Waals surface area (Å²) >= 11 is 0. The Labute approximate surface area is 317 Å². The van der Waals surface area contributed by atoms with Crippen LogP contribution in [0.25, 0.3) is 88.0 Å². The minimum Gasteiger partial charge on any atom is -0.456 e. The number of nitrogens with zero attached hydrogens (tertiary/aromatic N) is 1. The van der Waals surface area contributed by atoms with E-state index in [1.54, 1.807) is 0 Å². The molecule has 0 saturated carbocycles. The molecule has 0 aliphatic rings. The first-order chi connectivity index (χ1) is 27.3. The smallest absolute Gasteiger partial charge is 0.159 e. The average Bonchev–Trinajstić information content (AvgIpc) is 3.83. The fourth-order valence-corrected chi connectivity index (χ4v) is 8.27. The number of fused-ring (bicyclic) bond motifs is 7. The van der Waals surface area contributed by atoms with Crippen LogP contribution in [0.1, 0.15) is 0 Å². The van der Waals surface area contributed by atoms with Crippen LogP contribution in [0.4, 0.5) is 17.1 Å². The molecular weight excluding hydrogens is 671 g/mol. The lowest BCUT2D eigenvalue weighted by Gasteiger charge is -2.26. The van der Waals surface area contributed by atoms with Crippen LogP contribution in [0, 0.1) is 0 Å². The first-order valence-corrected chi connectivity index (χ1v) is 18.7. The van der Waals surface area contributed by atoms with Gasteiger partial charge in [0.15, 0.2) is 5.58 Å². The van der Waals surface area contributed by atoms with E-state index in [9.17, 15) is 0 Å². The molecule has 0 aliphatic carbocycles. The lowest BCUT2D eigenvalue weighted by molar-refractivity contribution is 0.668. The van der Waals surface area contributed by atoms with Crippen LogP contribution in [-0.4, -0.2) is 0 Å². The van der Waals surface area contributed by atoms with Crippen LogP contribution < -0.4 is 4.90 Å². The second kappa shape index (κ2) is 12.6. The Morgan fingerprint density at radius 2 is 0.909 bits per heavy atom. The van der Waals surface area contributed by atoms with E-state index >= 15 is 0 Å². The van der Waals surface area contributed by atoms with E-state index in [0.717, 1.165) is 77.6 Å². The molecule has 0 fully saturated rings. The summed E-state index contributed by atoms with van der Waals surface area (Å²) in [6, 6.07) is 70.9. The van der Waals surface area contributed by atoms with E-state index < -0.39 is 0 Å². The lowest BCUT2D eigenvalue weighted by Crippen LogP contribution is -2.10. The quantitative estimate of drug-likeness (QED) is 0.173. The van der Waals surface area contributed by atoms with E-state index in [-0.39, 0.29) is 0 Å². The van der Waals surface area contributed by atoms with Gasteiger partial charge < -0.3 is 13.7 Å². The van der Waals surface area contributed by atoms with Gasteiger partial charge in [-0.15, -0.1) is 0 Å². The zero-order valence-corrected chi connectivity index (χ0v) is 29.8. The van der Waals surface area contributed by atoms with E-state index in [0.29, 0.717) is 0 Å². The molecule has 9 aromatic carbocycles. The summed E-state index contributed by atoms with van der Waals surface area (Å²) in [4.78, 5) is 2.32. The van der Waals surface area contributed by atoms with Gasteiger partial charge in [-0.3, -0.25) is 0 Å². The number of benzene rings is 9. The van der Waals surface area contributed by atoms with Gasteiger partial charge >= 0.3 is 0 Å². The Kier molecular flexibility index (Phi) is 7.17. The summed E-state index contributed by atoms with van der Waals surface area (Å²) in [5.74, 6) is 0. The Morgan fingerprint density at radius 1 is 0.327 bits per heavy atom. The van der Waals surface area contributed by atoms with Crippen LogP contribution in [0.2, 0.25) is 0 Å². The molecule has 3 nitrogen and oxygen atoms in total. The summed E-state index contributed by atoms with van der Waals surface area (Å²) in [6.45, 7) is 0. The van der Waals surface area contributed by atoms with E-state index in [1.807, 2.05) is 12.1 Å². The largest absolute Gasteiger partial charge is 0.456 e. The molecule has 0 N–H and O–H groups in total. The number of furan rings is 2. The summed E-state index contributed by atoms with van der Waals surface area (Å²) in [5, 5.41) is 6.93. The summed E-state index contributed by atoms with van der Waals surface area (Å²) in [6.07, 6.45) is 0. The van der Waals surface area contributed by atoms with Gasteiger partial charge in [0.2, 0.25) is 0 Å². The molecule has 258 valence electrons. The van der Waals surface area contributed by atoms with Crippen LogP contribution >= 0.6 is 0 Å². The van der Waals surface area contributed by atoms with Gasteiger partial charge in [0.25, 0.3) is 0 Å². The summed E-state index contributed by atoms with van der Waals surface area (Å²) < 4.78 is 12.9. The fraction of sp³-hybridized carbons (Fsp3) is 0. The monoisotopic (exact) mass is 703 g/mol. The molecule has 0 unspecified atom stereocenters. The van der Waals surface area contributed by atoms with Crippen molar-refractivity contribution >= 4 is 71.7 Å². The van der Waals surface area contributed by atoms with Crippen molar-refractivity contribution in [3.8, 4) is 33.4 Å². The van der Waals surface area contributed by atoms with Crippen LogP contribution in [0.5, 0.6) is 0 Å². The average molecular weight is 704 g/mol. The van der Waals surface area contributed by atoms with Crippen molar-refractivity contribution in [3.63, 3.8) is 0 Å². The molecule has 0 amide bonds. The van der Waals surface area contributed by atoms with Gasteiger partial charge in [-0.2, -0.15) is 0 Å². The lowest BCUT2D eigenvalue weighted by atomic mass is 9.97. The number of hydrogen-bond donors (Lipinski definition) is 0. The highest BCUT2D eigenvalue weighted by molar-refractivity contribution is 6.16. The van der Waals surface area contributed by atoms with Gasteiger partial charge in [-0.25, -0.2) is 0 Å². The normalized spacial score (nSPS) is 11.6. The third kappa shape index (κ3) is 5.20. The highest BCUT2D eigenvalue weighted by Gasteiger charge is 2.21. The first-order valence-electron chi connectivity index (χ1n) is 18.7. The van der Waals surface area contributed by atoms with Crippen molar-refractivity contribution < 1.29 is 8.83 Å². The van der Waals surface area contributed by atoms with Crippen molar-refractivity contribution in [2.45, 2.75) is 0 Å². The van der Waals surface area contributed by atoms with Crippen molar-refractivity contribution in [3.05, 3.63) is 200 Å². The number of rotatable bonds is 6. The van der Waals surface area contributed by atoms with E-state index in [2.05, 4.69) is 193 Å². The number of para-hydroxylation sites is 2. The second-order valence-corrected chi connectivity index (χ2v) is 14.1. The predicted octanol–water partition coefficient (Wildman–Crippen LogP) is 15.1. The molecule has 0 spiro atoms. The Morgan fingerprint density at radius 3 is 1.75 bits per heavy atom. The van der Waals surface area contributed by atoms with Gasteiger partial charge in [-0.05, 0) is 98.8 Å². The van der Waals surface area contributed by atoms with Gasteiger partial charge in [-0.1, -0.05) is 146 Å². The van der Waals surface area contributed by atoms with Gasteiger partial charge in [0.05, 0.1) is 5.69 Å². The molecule has 11 aromatic rings. The van der Waals surface area contributed by atoms with Crippen molar-refractivity contribution in [2.24, 2.45) is 0 Å². The Balaban J connectivity index is 1.06. The molecule has 3 heteroatoms. The fourth-order valence-electron chi connectivity index (χ4n) is 8.27. The van der Waals surface area contributed by atoms with E-state index in [1.165, 1.54) is 27.5 Å². The zero-order valence-electron chi connectivity index (χ0n) is 29.8. The first kappa shape index (κ1) is 31.2. The standard InChI is InChI=1S/C52H33NO2/c1-2-11-36(12-3-1)43-18-10-22-50-51(43)45-19-9-20-47(52(45)55-50)53(40-30-25-37(26-31-40)42-17-8-14-35-13-4-5-15-41(35)42)39-28-23-34(24-29-39)38-27-32-49-46(33-38)44-16-6-7-21-48(44)54-49/h1-33H. The maximum absolute atomic E-state index is 6.82. The summed E-state index contributed by atoms with van der Waals surface area (Å²) in [7, 11) is 0. The van der Waals surface area contributed by atoms with Crippen molar-refractivity contribution in [2.75, 3.05) is 4.90 Å². The maximum atomic E-state index is 6.82. The molecular formula is C52H33NO2. The second-order valence-electron chi connectivity index (χ2n) is 14.1. The minimum atomic E-state index is 0.848. The minimum absolute atomic E-state index is 0.848. The topological polar surface area (TPSA) is 29.5 Å². The Hall–Kier alpha value is -7.36. The molecule has 11 rings (SSSR count). The molecule has 0 bridgehead atoms. The van der Waals surface area contributed by atoms with Crippen LogP contribution in [0.3, 0.4) is 0 Å². The van der Waals surface area contributed by atoms with Crippen molar-refractivity contribution in [1.29, 1.82) is 0 Å². The number of anilines is 3. The SMILES string of the molecule is c1ccc(-c2cccc3oc4c(N(c5ccc(-c6ccc7oc8ccccc8c7c6)cc5)c5ccc(-c6cccc7ccccc67)cc5)cccc4c23)cc1. The maximum Gasteiger partial charge on any atom is 0.159 e. The third-order valence-corrected chi connectivity index (χ3v) is 10.9. The number of hydrogen-bond acceptors (Lipinski definition) is 3. The highest BCUT2D eigenvalue weighted by Crippen LogP contribution is 2.45. The molecule has 0 saturated heterocycles. The Bertz CT molecular complexity index is 3180. The zero-order chi connectivity index (χ0) is 36.3. The van der Waals surface area contributed by atoms with Crippen molar-refractivity contribution in [1.82, 2.24) is 0 Å². The molecule has 2 heterocycles. The predicted molar refractivity (Wildman–Crippen MR) is 229 cm³/mol. The van der Waals surface area contributed by atoms with E-state index in [4.69, 9.17) is 8.83 Å². The van der Waals surface area contributed by atoms with Crippen LogP contribution in [0.15, 0.2) is 209 Å².